The maximum absolute atomic E-state index is 13.6. The fraction of sp³-hybridized carbons (Fsp3) is 0.410. The molecule has 1 saturated heterocycles. The third-order valence-electron chi connectivity index (χ3n) is 9.22. The van der Waals surface area contributed by atoms with Gasteiger partial charge in [-0.2, -0.15) is 0 Å². The fourth-order valence-corrected chi connectivity index (χ4v) is 7.63. The van der Waals surface area contributed by atoms with Crippen LogP contribution in [0.2, 0.25) is 0 Å². The molecule has 1 atom stereocenters. The van der Waals surface area contributed by atoms with Crippen LogP contribution in [0.25, 0.3) is 11.3 Å². The number of aromatic nitrogens is 2. The number of fused-ring (bicyclic) bond motifs is 1. The number of anilines is 1. The first kappa shape index (κ1) is 35.1. The summed E-state index contributed by atoms with van der Waals surface area (Å²) < 4.78 is 7.16. The second-order valence-corrected chi connectivity index (χ2v) is 16.4. The van der Waals surface area contributed by atoms with Gasteiger partial charge in [-0.05, 0) is 67.5 Å². The average Bonchev–Trinajstić information content (AvgIpc) is 3.60. The van der Waals surface area contributed by atoms with E-state index in [2.05, 4.69) is 26.8 Å². The summed E-state index contributed by atoms with van der Waals surface area (Å²) in [5, 5.41) is 0. The highest BCUT2D eigenvalue weighted by atomic mass is 32.1. The standard InChI is InChI=1S/C39H45N5O5S/c1-23-27(11-10-12-30(23)44-21-26-20-31(38(2,3)4)50-33(26)36(44)47)29-22-42(9)34(45)28(40-29)19-24-13-15-25(16-14-24)32-35(46)41(8)17-18-43(32)37(48)49-39(5,6)7/h10-16,20,22,32H,17-19,21H2,1-9H3. The van der Waals surface area contributed by atoms with Gasteiger partial charge in [0.05, 0.1) is 17.1 Å². The van der Waals surface area contributed by atoms with Crippen LogP contribution in [-0.2, 0) is 35.0 Å². The number of thiophene rings is 1. The van der Waals surface area contributed by atoms with Gasteiger partial charge in [0.25, 0.3) is 11.5 Å². The van der Waals surface area contributed by atoms with Crippen molar-refractivity contribution in [3.8, 4) is 11.3 Å². The first-order chi connectivity index (χ1) is 23.4. The van der Waals surface area contributed by atoms with E-state index in [4.69, 9.17) is 9.72 Å². The van der Waals surface area contributed by atoms with Crippen molar-refractivity contribution in [3.63, 3.8) is 0 Å². The molecule has 0 spiro atoms. The molecule has 2 aromatic carbocycles. The molecule has 3 amide bonds. The monoisotopic (exact) mass is 695 g/mol. The van der Waals surface area contributed by atoms with Crippen LogP contribution in [0.15, 0.2) is 59.5 Å². The Labute approximate surface area is 297 Å². The highest BCUT2D eigenvalue weighted by Crippen LogP contribution is 2.40. The molecular weight excluding hydrogens is 651 g/mol. The molecule has 2 aliphatic heterocycles. The normalized spacial score (nSPS) is 16.7. The van der Waals surface area contributed by atoms with Crippen molar-refractivity contribution in [2.24, 2.45) is 7.05 Å². The Morgan fingerprint density at radius 2 is 1.68 bits per heavy atom. The molecule has 1 unspecified atom stereocenters. The zero-order valence-electron chi connectivity index (χ0n) is 30.3. The zero-order chi connectivity index (χ0) is 36.3. The van der Waals surface area contributed by atoms with Gasteiger partial charge in [-0.25, -0.2) is 9.78 Å². The number of piperazine rings is 1. The molecule has 50 heavy (non-hydrogen) atoms. The highest BCUT2D eigenvalue weighted by Gasteiger charge is 2.39. The molecule has 262 valence electrons. The Morgan fingerprint density at radius 1 is 0.980 bits per heavy atom. The average molecular weight is 696 g/mol. The molecule has 0 saturated carbocycles. The molecule has 1 fully saturated rings. The lowest BCUT2D eigenvalue weighted by Gasteiger charge is -2.39. The molecule has 6 rings (SSSR count). The molecule has 0 radical (unpaired) electrons. The van der Waals surface area contributed by atoms with Crippen molar-refractivity contribution in [2.75, 3.05) is 25.0 Å². The number of hydrogen-bond donors (Lipinski definition) is 0. The lowest BCUT2D eigenvalue weighted by molar-refractivity contribution is -0.140. The van der Waals surface area contributed by atoms with E-state index in [1.165, 1.54) is 9.78 Å². The molecule has 0 N–H and O–H groups in total. The van der Waals surface area contributed by atoms with E-state index in [9.17, 15) is 19.2 Å². The summed E-state index contributed by atoms with van der Waals surface area (Å²) in [5.41, 5.74) is 5.23. The summed E-state index contributed by atoms with van der Waals surface area (Å²) >= 11 is 1.58. The number of carbonyl (C=O) groups excluding carboxylic acids is 3. The van der Waals surface area contributed by atoms with Crippen LogP contribution in [0.4, 0.5) is 10.5 Å². The van der Waals surface area contributed by atoms with E-state index in [0.717, 1.165) is 32.8 Å². The van der Waals surface area contributed by atoms with Gasteiger partial charge in [-0.3, -0.25) is 19.3 Å². The SMILES string of the molecule is Cc1c(-c2cn(C)c(=O)c(Cc3ccc(C4C(=O)N(C)CCN4C(=O)OC(C)(C)C)cc3)n2)cccc1N1Cc2cc(C(C)(C)C)sc2C1=O. The lowest BCUT2D eigenvalue weighted by Crippen LogP contribution is -2.53. The Kier molecular flexibility index (Phi) is 9.01. The second kappa shape index (κ2) is 12.8. The first-order valence-electron chi connectivity index (χ1n) is 16.9. The molecule has 11 heteroatoms. The lowest BCUT2D eigenvalue weighted by atomic mass is 9.94. The summed E-state index contributed by atoms with van der Waals surface area (Å²) in [6.45, 7) is 15.2. The number of hydrogen-bond acceptors (Lipinski definition) is 7. The molecule has 2 aromatic heterocycles. The van der Waals surface area contributed by atoms with E-state index in [0.29, 0.717) is 36.6 Å². The van der Waals surface area contributed by atoms with Crippen molar-refractivity contribution >= 4 is 34.9 Å². The maximum Gasteiger partial charge on any atom is 0.411 e. The van der Waals surface area contributed by atoms with E-state index < -0.39 is 17.7 Å². The van der Waals surface area contributed by atoms with Crippen LogP contribution in [0.1, 0.15) is 90.1 Å². The molecular formula is C39H45N5O5S. The third-order valence-corrected chi connectivity index (χ3v) is 10.8. The Morgan fingerprint density at radius 3 is 2.32 bits per heavy atom. The third kappa shape index (κ3) is 6.70. The number of carbonyl (C=O) groups is 3. The van der Waals surface area contributed by atoms with Crippen LogP contribution < -0.4 is 10.5 Å². The van der Waals surface area contributed by atoms with E-state index in [1.807, 2.05) is 54.3 Å². The molecule has 0 aliphatic carbocycles. The Hall–Kier alpha value is -4.77. The fourth-order valence-electron chi connectivity index (χ4n) is 6.45. The van der Waals surface area contributed by atoms with Gasteiger partial charge in [-0.15, -0.1) is 11.3 Å². The van der Waals surface area contributed by atoms with Crippen LogP contribution in [0.5, 0.6) is 0 Å². The molecule has 10 nitrogen and oxygen atoms in total. The van der Waals surface area contributed by atoms with Crippen LogP contribution in [-0.4, -0.2) is 63.0 Å². The maximum atomic E-state index is 13.6. The van der Waals surface area contributed by atoms with Gasteiger partial charge >= 0.3 is 6.09 Å². The molecule has 4 aromatic rings. The minimum Gasteiger partial charge on any atom is -0.444 e. The topological polar surface area (TPSA) is 105 Å². The Balaban J connectivity index is 1.26. The Bertz CT molecular complexity index is 2050. The predicted molar refractivity (Wildman–Crippen MR) is 196 cm³/mol. The van der Waals surface area contributed by atoms with E-state index in [1.54, 1.807) is 61.9 Å². The van der Waals surface area contributed by atoms with Crippen LogP contribution in [0.3, 0.4) is 0 Å². The number of benzene rings is 2. The van der Waals surface area contributed by atoms with Crippen LogP contribution >= 0.6 is 11.3 Å². The first-order valence-corrected chi connectivity index (χ1v) is 17.7. The number of aryl methyl sites for hydroxylation is 1. The number of rotatable bonds is 5. The van der Waals surface area contributed by atoms with Gasteiger partial charge in [0.15, 0.2) is 0 Å². The number of nitrogens with zero attached hydrogens (tertiary/aromatic N) is 5. The minimum atomic E-state index is -0.809. The van der Waals surface area contributed by atoms with Crippen molar-refractivity contribution < 1.29 is 19.1 Å². The molecule has 0 bridgehead atoms. The van der Waals surface area contributed by atoms with Crippen molar-refractivity contribution in [2.45, 2.75) is 78.5 Å². The van der Waals surface area contributed by atoms with Gasteiger partial charge < -0.3 is 19.1 Å². The van der Waals surface area contributed by atoms with Gasteiger partial charge in [0, 0.05) is 55.9 Å². The van der Waals surface area contributed by atoms with E-state index in [-0.39, 0.29) is 29.2 Å². The smallest absolute Gasteiger partial charge is 0.411 e. The summed E-state index contributed by atoms with van der Waals surface area (Å²) in [7, 11) is 3.44. The number of ether oxygens (including phenoxy) is 1. The number of amides is 3. The van der Waals surface area contributed by atoms with Crippen LogP contribution in [0, 0.1) is 6.92 Å². The minimum absolute atomic E-state index is 0.00842. The summed E-state index contributed by atoms with van der Waals surface area (Å²) in [4.78, 5) is 65.0. The summed E-state index contributed by atoms with van der Waals surface area (Å²) in [6, 6.07) is 14.6. The molecule has 4 heterocycles. The highest BCUT2D eigenvalue weighted by molar-refractivity contribution is 7.14. The number of likely N-dealkylation sites (N-methyl/N-ethyl adjacent to an activating group) is 1. The summed E-state index contributed by atoms with van der Waals surface area (Å²) in [6.07, 6.45) is 1.47. The summed E-state index contributed by atoms with van der Waals surface area (Å²) in [5.74, 6) is -0.175. The van der Waals surface area contributed by atoms with Gasteiger partial charge in [-0.1, -0.05) is 57.2 Å². The molecule has 2 aliphatic rings. The van der Waals surface area contributed by atoms with Gasteiger partial charge in [0.2, 0.25) is 5.91 Å². The van der Waals surface area contributed by atoms with Crippen molar-refractivity contribution in [1.82, 2.24) is 19.4 Å². The zero-order valence-corrected chi connectivity index (χ0v) is 31.1. The predicted octanol–water partition coefficient (Wildman–Crippen LogP) is 6.62. The van der Waals surface area contributed by atoms with E-state index >= 15 is 0 Å². The van der Waals surface area contributed by atoms with Gasteiger partial charge in [0.1, 0.15) is 17.3 Å². The quantitative estimate of drug-likeness (QED) is 0.233. The van der Waals surface area contributed by atoms with Crippen molar-refractivity contribution in [1.29, 1.82) is 0 Å². The largest absolute Gasteiger partial charge is 0.444 e. The van der Waals surface area contributed by atoms with Crippen molar-refractivity contribution in [3.05, 3.63) is 103 Å². The second-order valence-electron chi connectivity index (χ2n) is 15.3.